The van der Waals surface area contributed by atoms with Crippen LogP contribution in [0.25, 0.3) is 10.9 Å². The molecule has 1 aliphatic carbocycles. The molecule has 0 aliphatic heterocycles. The first-order chi connectivity index (χ1) is 16.2. The lowest BCUT2D eigenvalue weighted by molar-refractivity contribution is -0.274. The lowest BCUT2D eigenvalue weighted by Crippen LogP contribution is -2.34. The number of anilines is 2. The molecular weight excluding hydrogens is 509 g/mol. The maximum Gasteiger partial charge on any atom is 0.573 e. The van der Waals surface area contributed by atoms with Crippen molar-refractivity contribution in [3.63, 3.8) is 0 Å². The number of nitrogen functional groups attached to an aromatic ring is 1. The van der Waals surface area contributed by atoms with Crippen molar-refractivity contribution in [2.75, 3.05) is 24.6 Å². The highest BCUT2D eigenvalue weighted by Gasteiger charge is 2.32. The summed E-state index contributed by atoms with van der Waals surface area (Å²) in [6.45, 7) is 0.576. The Morgan fingerprint density at radius 2 is 1.85 bits per heavy atom. The van der Waals surface area contributed by atoms with Crippen molar-refractivity contribution >= 4 is 38.3 Å². The Kier molecular flexibility index (Phi) is 7.52. The number of alkyl halides is 3. The molecule has 0 saturated heterocycles. The largest absolute Gasteiger partial charge is 0.573 e. The quantitative estimate of drug-likeness (QED) is 0.326. The predicted octanol–water partition coefficient (Wildman–Crippen LogP) is 6.38. The molecule has 9 heteroatoms. The lowest BCUT2D eigenvalue weighted by Gasteiger charge is -2.31. The standard InChI is InChI=1S/C25H28BrF3N4O/c1-31-23-19-4-2-3-5-20(19)33-24(30)22(23)16-7-10-18(11-8-16)32-13-12-15-6-9-17(26)14-21(15)34-25(27,28)29/h2-6,9,14,16,18,32H,7-8,10-13H2,1H3,(H3,30,31,33). The molecule has 0 bridgehead atoms. The average Bonchev–Trinajstić information content (AvgIpc) is 2.79. The van der Waals surface area contributed by atoms with Gasteiger partial charge in [0.05, 0.1) is 11.2 Å². The van der Waals surface area contributed by atoms with Crippen LogP contribution >= 0.6 is 15.9 Å². The van der Waals surface area contributed by atoms with E-state index in [-0.39, 0.29) is 5.75 Å². The molecule has 182 valence electrons. The molecule has 2 aromatic carbocycles. The summed E-state index contributed by atoms with van der Waals surface area (Å²) in [5.41, 5.74) is 9.92. The third-order valence-electron chi connectivity index (χ3n) is 6.43. The van der Waals surface area contributed by atoms with Gasteiger partial charge in [-0.15, -0.1) is 13.2 Å². The van der Waals surface area contributed by atoms with E-state index in [4.69, 9.17) is 5.73 Å². The zero-order valence-corrected chi connectivity index (χ0v) is 20.5. The number of fused-ring (bicyclic) bond motifs is 1. The van der Waals surface area contributed by atoms with Gasteiger partial charge in [-0.2, -0.15) is 0 Å². The highest BCUT2D eigenvalue weighted by Crippen LogP contribution is 2.42. The highest BCUT2D eigenvalue weighted by atomic mass is 79.9. The van der Waals surface area contributed by atoms with Crippen LogP contribution in [-0.2, 0) is 6.42 Å². The second-order valence-corrected chi connectivity index (χ2v) is 9.52. The Bertz CT molecular complexity index is 1150. The molecule has 3 aromatic rings. The molecule has 34 heavy (non-hydrogen) atoms. The lowest BCUT2D eigenvalue weighted by atomic mass is 9.80. The van der Waals surface area contributed by atoms with Gasteiger partial charge in [-0.05, 0) is 68.3 Å². The van der Waals surface area contributed by atoms with E-state index < -0.39 is 6.36 Å². The van der Waals surface area contributed by atoms with Gasteiger partial charge < -0.3 is 21.1 Å². The number of aromatic nitrogens is 1. The Hall–Kier alpha value is -2.52. The van der Waals surface area contributed by atoms with E-state index in [1.807, 2.05) is 25.2 Å². The molecule has 0 spiro atoms. The molecule has 1 aliphatic rings. The number of para-hydroxylation sites is 1. The topological polar surface area (TPSA) is 72.2 Å². The normalized spacial score (nSPS) is 18.7. The molecule has 1 saturated carbocycles. The van der Waals surface area contributed by atoms with E-state index >= 15 is 0 Å². The summed E-state index contributed by atoms with van der Waals surface area (Å²) < 4.78 is 43.0. The number of rotatable bonds is 7. The summed E-state index contributed by atoms with van der Waals surface area (Å²) >= 11 is 3.21. The molecule has 0 unspecified atom stereocenters. The van der Waals surface area contributed by atoms with Gasteiger partial charge in [0.15, 0.2) is 0 Å². The fourth-order valence-electron chi connectivity index (χ4n) is 4.88. The van der Waals surface area contributed by atoms with Gasteiger partial charge in [-0.3, -0.25) is 0 Å². The summed E-state index contributed by atoms with van der Waals surface area (Å²) in [5.74, 6) is 0.731. The molecule has 1 fully saturated rings. The smallest absolute Gasteiger partial charge is 0.405 e. The van der Waals surface area contributed by atoms with E-state index in [9.17, 15) is 13.2 Å². The number of ether oxygens (including phenoxy) is 1. The molecule has 4 N–H and O–H groups in total. The fraction of sp³-hybridized carbons (Fsp3) is 0.400. The first-order valence-corrected chi connectivity index (χ1v) is 12.2. The van der Waals surface area contributed by atoms with Gasteiger partial charge in [-0.1, -0.05) is 40.2 Å². The molecule has 5 nitrogen and oxygen atoms in total. The number of halogens is 4. The van der Waals surface area contributed by atoms with E-state index in [0.717, 1.165) is 47.8 Å². The number of nitrogens with zero attached hydrogens (tertiary/aromatic N) is 1. The van der Waals surface area contributed by atoms with Crippen LogP contribution in [0.4, 0.5) is 24.7 Å². The molecule has 0 amide bonds. The van der Waals surface area contributed by atoms with Crippen molar-refractivity contribution in [2.24, 2.45) is 0 Å². The van der Waals surface area contributed by atoms with Gasteiger partial charge in [-0.25, -0.2) is 4.98 Å². The van der Waals surface area contributed by atoms with Crippen LogP contribution in [0.5, 0.6) is 5.75 Å². The SMILES string of the molecule is CNc1c(C2CCC(NCCc3ccc(Br)cc3OC(F)(F)F)CC2)c(N)nc2ccccc12. The highest BCUT2D eigenvalue weighted by molar-refractivity contribution is 9.10. The maximum absolute atomic E-state index is 12.7. The minimum absolute atomic E-state index is 0.161. The van der Waals surface area contributed by atoms with Crippen molar-refractivity contribution in [1.29, 1.82) is 0 Å². The van der Waals surface area contributed by atoms with Crippen LogP contribution in [0.1, 0.15) is 42.7 Å². The maximum atomic E-state index is 12.7. The van der Waals surface area contributed by atoms with Crippen molar-refractivity contribution in [1.82, 2.24) is 10.3 Å². The van der Waals surface area contributed by atoms with Crippen molar-refractivity contribution in [2.45, 2.75) is 50.4 Å². The molecule has 1 heterocycles. The Balaban J connectivity index is 1.37. The van der Waals surface area contributed by atoms with Crippen LogP contribution in [0.15, 0.2) is 46.9 Å². The number of benzene rings is 2. The summed E-state index contributed by atoms with van der Waals surface area (Å²) in [6.07, 6.45) is -0.398. The van der Waals surface area contributed by atoms with Crippen molar-refractivity contribution < 1.29 is 17.9 Å². The van der Waals surface area contributed by atoms with E-state index in [1.54, 1.807) is 12.1 Å². The second-order valence-electron chi connectivity index (χ2n) is 8.61. The van der Waals surface area contributed by atoms with Gasteiger partial charge in [0.2, 0.25) is 0 Å². The Morgan fingerprint density at radius 3 is 2.56 bits per heavy atom. The minimum atomic E-state index is -4.72. The van der Waals surface area contributed by atoms with Gasteiger partial charge >= 0.3 is 6.36 Å². The van der Waals surface area contributed by atoms with Crippen molar-refractivity contribution in [3.8, 4) is 5.75 Å². The predicted molar refractivity (Wildman–Crippen MR) is 133 cm³/mol. The van der Waals surface area contributed by atoms with Crippen LogP contribution in [0, 0.1) is 0 Å². The van der Waals surface area contributed by atoms with Crippen LogP contribution in [0.3, 0.4) is 0 Å². The first-order valence-electron chi connectivity index (χ1n) is 11.4. The van der Waals surface area contributed by atoms with Gasteiger partial charge in [0, 0.05) is 28.5 Å². The number of hydrogen-bond donors (Lipinski definition) is 3. The van der Waals surface area contributed by atoms with Gasteiger partial charge in [0.25, 0.3) is 0 Å². The Morgan fingerprint density at radius 1 is 1.12 bits per heavy atom. The number of pyridine rings is 1. The summed E-state index contributed by atoms with van der Waals surface area (Å²) in [7, 11) is 1.91. The molecular formula is C25H28BrF3N4O. The van der Waals surface area contributed by atoms with Crippen molar-refractivity contribution in [3.05, 3.63) is 58.1 Å². The zero-order valence-electron chi connectivity index (χ0n) is 18.9. The molecule has 0 radical (unpaired) electrons. The fourth-order valence-corrected chi connectivity index (χ4v) is 5.22. The summed E-state index contributed by atoms with van der Waals surface area (Å²) in [5, 5.41) is 7.91. The third kappa shape index (κ3) is 5.75. The molecule has 4 rings (SSSR count). The number of hydrogen-bond acceptors (Lipinski definition) is 5. The average molecular weight is 537 g/mol. The van der Waals surface area contributed by atoms with E-state index in [1.165, 1.54) is 6.07 Å². The number of nitrogens with two attached hydrogens (primary N) is 1. The monoisotopic (exact) mass is 536 g/mol. The molecule has 1 aromatic heterocycles. The zero-order chi connectivity index (χ0) is 24.3. The molecule has 0 atom stereocenters. The van der Waals surface area contributed by atoms with Crippen LogP contribution in [0.2, 0.25) is 0 Å². The van der Waals surface area contributed by atoms with Crippen LogP contribution < -0.4 is 21.1 Å². The summed E-state index contributed by atoms with van der Waals surface area (Å²) in [6, 6.07) is 13.0. The summed E-state index contributed by atoms with van der Waals surface area (Å²) in [4.78, 5) is 4.63. The second kappa shape index (κ2) is 10.4. The minimum Gasteiger partial charge on any atom is -0.405 e. The Labute approximate surface area is 205 Å². The van der Waals surface area contributed by atoms with E-state index in [2.05, 4.69) is 42.4 Å². The first kappa shape index (κ1) is 24.6. The third-order valence-corrected chi connectivity index (χ3v) is 6.92. The number of nitrogens with one attached hydrogen (secondary N) is 2. The van der Waals surface area contributed by atoms with E-state index in [0.29, 0.717) is 40.8 Å². The van der Waals surface area contributed by atoms with Gasteiger partial charge in [0.1, 0.15) is 11.6 Å². The van der Waals surface area contributed by atoms with Crippen LogP contribution in [-0.4, -0.2) is 31.0 Å².